The number of benzene rings is 2. The fourth-order valence-corrected chi connectivity index (χ4v) is 131. The van der Waals surface area contributed by atoms with E-state index in [9.17, 15) is 0 Å². The first-order chi connectivity index (χ1) is 19.4. The van der Waals surface area contributed by atoms with Crippen LogP contribution in [0.15, 0.2) is 106 Å². The van der Waals surface area contributed by atoms with Crippen LogP contribution in [0.2, 0.25) is 38.0 Å². The van der Waals surface area contributed by atoms with Gasteiger partial charge in [-0.15, -0.1) is 0 Å². The normalized spacial score (nSPS) is 62.3. The molecule has 0 radical (unpaired) electrons. The van der Waals surface area contributed by atoms with E-state index in [0.29, 0.717) is 18.5 Å². The third-order valence-corrected chi connectivity index (χ3v) is 77.9. The van der Waals surface area contributed by atoms with E-state index in [-0.39, 0.29) is 0 Å². The second-order valence-electron chi connectivity index (χ2n) is 16.7. The van der Waals surface area contributed by atoms with Gasteiger partial charge in [-0.2, -0.15) is 0 Å². The molecule has 6 unspecified atom stereocenters. The Kier molecular flexibility index (Phi) is 1.62. The van der Waals surface area contributed by atoms with E-state index in [1.807, 2.05) is 12.5 Å². The summed E-state index contributed by atoms with van der Waals surface area (Å²) in [5.41, 5.74) is 2.53. The number of rotatable bonds is 8. The van der Waals surface area contributed by atoms with Crippen molar-refractivity contribution in [3.63, 3.8) is 0 Å². The fraction of sp³-hybridized carbons (Fsp3) is 0.412. The average Bonchev–Trinajstić information content (AvgIpc) is 3.78. The third kappa shape index (κ3) is 0.480. The van der Waals surface area contributed by atoms with E-state index in [1.54, 1.807) is 10.6 Å². The van der Waals surface area contributed by atoms with Gasteiger partial charge < -0.3 is 0 Å². The standard InChI is InChI=1S/C29H28NO2P2.C5H5.Fe/c1-22(30(2)3)25-18-19-26(29(25)34(27-16-10-20-31-27)28-17-11-21-32-28)33(23-12-6-4-7-13-23)24-14-8-5-9-15-24;1-2-4-5-3-1;/h4-22H,1-3H3;1-5H;. The first kappa shape index (κ1) is 20.3. The van der Waals surface area contributed by atoms with Crippen molar-refractivity contribution in [1.29, 1.82) is 0 Å². The van der Waals surface area contributed by atoms with Crippen molar-refractivity contribution in [2.75, 3.05) is 14.1 Å². The molecule has 6 heteroatoms. The molecule has 204 valence electrons. The van der Waals surface area contributed by atoms with Gasteiger partial charge in [-0.25, -0.2) is 0 Å². The van der Waals surface area contributed by atoms with Crippen molar-refractivity contribution in [1.82, 2.24) is 4.90 Å². The van der Waals surface area contributed by atoms with E-state index >= 15 is 0 Å². The zero-order valence-electron chi connectivity index (χ0n) is 22.9. The van der Waals surface area contributed by atoms with Crippen molar-refractivity contribution >= 4 is 37.5 Å². The van der Waals surface area contributed by atoms with Gasteiger partial charge in [-0.1, -0.05) is 0 Å². The van der Waals surface area contributed by atoms with Gasteiger partial charge in [0, 0.05) is 0 Å². The first-order valence-electron chi connectivity index (χ1n) is 15.0. The monoisotopic (exact) mass is 605 g/mol. The van der Waals surface area contributed by atoms with Gasteiger partial charge in [0.2, 0.25) is 0 Å². The molecule has 1 spiro atoms. The summed E-state index contributed by atoms with van der Waals surface area (Å²) in [5, 5.41) is 3.30. The van der Waals surface area contributed by atoms with Gasteiger partial charge in [0.05, 0.1) is 0 Å². The Morgan fingerprint density at radius 1 is 0.675 bits per heavy atom. The Balaban J connectivity index is 1.20. The van der Waals surface area contributed by atoms with Crippen LogP contribution in [0.5, 0.6) is 0 Å². The number of hydrogen-bond acceptors (Lipinski definition) is 3. The molecule has 14 rings (SSSR count). The van der Waals surface area contributed by atoms with Gasteiger partial charge in [0.25, 0.3) is 0 Å². The Labute approximate surface area is 227 Å². The van der Waals surface area contributed by atoms with E-state index in [4.69, 9.17) is 8.83 Å². The molecule has 0 bridgehead atoms. The maximum absolute atomic E-state index is 6.57. The predicted molar refractivity (Wildman–Crippen MR) is 160 cm³/mol. The average molecular weight is 605 g/mol. The van der Waals surface area contributed by atoms with Crippen molar-refractivity contribution in [3.8, 4) is 0 Å². The van der Waals surface area contributed by atoms with E-state index in [1.165, 1.54) is 11.0 Å². The van der Waals surface area contributed by atoms with Gasteiger partial charge in [0.1, 0.15) is 0 Å². The van der Waals surface area contributed by atoms with Gasteiger partial charge >= 0.3 is 228 Å². The molecule has 10 aliphatic rings. The van der Waals surface area contributed by atoms with Crippen LogP contribution in [0.25, 0.3) is 0 Å². The van der Waals surface area contributed by atoms with Gasteiger partial charge in [0.15, 0.2) is 0 Å². The molecule has 12 heterocycles. The summed E-state index contributed by atoms with van der Waals surface area (Å²) >= 11 is 0. The molecule has 10 fully saturated rings. The fourth-order valence-electron chi connectivity index (χ4n) is 22.6. The van der Waals surface area contributed by atoms with E-state index in [0.717, 1.165) is 33.7 Å². The minimum absolute atomic E-state index is 0.450. The summed E-state index contributed by atoms with van der Waals surface area (Å²) in [6, 6.07) is 33.5. The maximum atomic E-state index is 6.57. The summed E-state index contributed by atoms with van der Waals surface area (Å²) in [5.74, 6) is 0. The summed E-state index contributed by atoms with van der Waals surface area (Å²) in [6.45, 7) is -1.64. The summed E-state index contributed by atoms with van der Waals surface area (Å²) in [7, 11) is 3.63. The van der Waals surface area contributed by atoms with Gasteiger partial charge in [-0.3, -0.25) is 0 Å². The third-order valence-electron chi connectivity index (χ3n) is 20.5. The zero-order chi connectivity index (χ0) is 26.2. The number of hydrogen-bond donors (Lipinski definition) is 0. The molecular formula is C34H33FeNO2P2. The van der Waals surface area contributed by atoms with Crippen molar-refractivity contribution in [2.45, 2.75) is 59.1 Å². The van der Waals surface area contributed by atoms with Crippen LogP contribution in [0.4, 0.5) is 0 Å². The molecule has 0 N–H and O–H groups in total. The Bertz CT molecular complexity index is 2160. The first-order valence-corrected chi connectivity index (χ1v) is 23.8. The van der Waals surface area contributed by atoms with Crippen LogP contribution in [-0.4, -0.2) is 33.1 Å². The van der Waals surface area contributed by atoms with Crippen LogP contribution in [-0.2, 0) is 6.51 Å². The summed E-state index contributed by atoms with van der Waals surface area (Å²) in [4.78, 5) is 10.6. The molecule has 4 aromatic rings. The quantitative estimate of drug-likeness (QED) is 0.161. The molecular weight excluding hydrogens is 572 g/mol. The van der Waals surface area contributed by atoms with Crippen molar-refractivity contribution in [2.24, 2.45) is 0 Å². The second-order valence-corrected chi connectivity index (χ2v) is 45.0. The Morgan fingerprint density at radius 3 is 1.57 bits per heavy atom. The summed E-state index contributed by atoms with van der Waals surface area (Å²) in [6.07, 6.45) is 3.90. The molecule has 6 atom stereocenters. The molecule has 0 amide bonds. The molecule has 2 aromatic carbocycles. The predicted octanol–water partition coefficient (Wildman–Crippen LogP) is 6.96. The number of nitrogens with zero attached hydrogens (tertiary/aromatic N) is 1. The van der Waals surface area contributed by atoms with Crippen LogP contribution >= 0.6 is 15.8 Å². The van der Waals surface area contributed by atoms with Crippen LogP contribution in [0.3, 0.4) is 0 Å². The minimum atomic E-state index is -4.31. The van der Waals surface area contributed by atoms with Crippen molar-refractivity contribution in [3.05, 3.63) is 97.5 Å². The summed E-state index contributed by atoms with van der Waals surface area (Å²) < 4.78 is 14.7. The molecule has 3 nitrogen and oxygen atoms in total. The second kappa shape index (κ2) is 3.19. The molecule has 0 aliphatic carbocycles. The topological polar surface area (TPSA) is 29.5 Å². The Hall–Kier alpha value is -1.66. The number of furan rings is 2. The van der Waals surface area contributed by atoms with E-state index < -0.39 is 22.4 Å². The molecule has 40 heavy (non-hydrogen) atoms. The Morgan fingerprint density at radius 2 is 1.18 bits per heavy atom. The molecule has 10 saturated heterocycles. The SMILES string of the molecule is CC(N(C)C)[C]12[CH]3[CH]4[C]5(P(c6ccccc6)c6ccccc6)[C]1(P(c1ccco1)c1ccco1)[Fe]34251678[CH]2[CH]1[CH]6[CH]7[CH]28. The van der Waals surface area contributed by atoms with Gasteiger partial charge in [-0.05, 0) is 0 Å². The molecule has 10 aliphatic heterocycles. The molecule has 2 aromatic heterocycles. The van der Waals surface area contributed by atoms with E-state index in [2.05, 4.69) is 111 Å². The van der Waals surface area contributed by atoms with Crippen molar-refractivity contribution < 1.29 is 15.3 Å². The number of fused-ring (bicyclic) bond motifs is 10. The van der Waals surface area contributed by atoms with Crippen LogP contribution < -0.4 is 21.6 Å². The van der Waals surface area contributed by atoms with Crippen LogP contribution in [0.1, 0.15) is 6.92 Å². The van der Waals surface area contributed by atoms with Crippen LogP contribution in [0, 0.1) is 0 Å². The molecule has 0 saturated carbocycles. The zero-order valence-corrected chi connectivity index (χ0v) is 25.8.